The smallest absolute Gasteiger partial charge is 0.408 e. The average Bonchev–Trinajstić information content (AvgIpc) is 2.93. The van der Waals surface area contributed by atoms with Gasteiger partial charge in [-0.05, 0) is 45.2 Å². The van der Waals surface area contributed by atoms with E-state index >= 15 is 0 Å². The van der Waals surface area contributed by atoms with Crippen LogP contribution in [0.3, 0.4) is 0 Å². The third kappa shape index (κ3) is 12.6. The van der Waals surface area contributed by atoms with E-state index < -0.39 is 41.7 Å². The summed E-state index contributed by atoms with van der Waals surface area (Å²) in [6.07, 6.45) is -2.15. The number of hydrogen-bond donors (Lipinski definition) is 5. The van der Waals surface area contributed by atoms with Crippen molar-refractivity contribution < 1.29 is 38.5 Å². The number of alkyl carbamates (subject to hydrolysis) is 2. The zero-order chi connectivity index (χ0) is 30.4. The van der Waals surface area contributed by atoms with E-state index in [1.165, 1.54) is 7.11 Å². The maximum atomic E-state index is 12.6. The predicted molar refractivity (Wildman–Crippen MR) is 150 cm³/mol. The highest BCUT2D eigenvalue weighted by Crippen LogP contribution is 2.21. The summed E-state index contributed by atoms with van der Waals surface area (Å²) in [5.74, 6) is -0.499. The van der Waals surface area contributed by atoms with Gasteiger partial charge in [0.25, 0.3) is 0 Å². The first-order valence-corrected chi connectivity index (χ1v) is 13.0. The molecule has 2 aromatic rings. The summed E-state index contributed by atoms with van der Waals surface area (Å²) >= 11 is 0. The molecule has 0 aliphatic heterocycles. The third-order valence-electron chi connectivity index (χ3n) is 5.58. The SMILES string of the molecule is COC(=O)NCC(=O)NCCC(O)C(Cc1ccc(-c2cccc(OC)n2)cc1)NC(=O)CNC(=O)OC(C)(C)C. The van der Waals surface area contributed by atoms with Gasteiger partial charge in [0.15, 0.2) is 0 Å². The van der Waals surface area contributed by atoms with Crippen molar-refractivity contribution in [1.29, 1.82) is 0 Å². The van der Waals surface area contributed by atoms with Crippen LogP contribution in [0.1, 0.15) is 32.8 Å². The first-order valence-electron chi connectivity index (χ1n) is 13.0. The van der Waals surface area contributed by atoms with Gasteiger partial charge in [0.2, 0.25) is 17.7 Å². The van der Waals surface area contributed by atoms with E-state index in [0.29, 0.717) is 5.88 Å². The molecular weight excluding hydrogens is 534 g/mol. The van der Waals surface area contributed by atoms with Crippen molar-refractivity contribution in [3.05, 3.63) is 48.0 Å². The zero-order valence-corrected chi connectivity index (χ0v) is 24.0. The number of nitrogens with zero attached hydrogens (tertiary/aromatic N) is 1. The van der Waals surface area contributed by atoms with Gasteiger partial charge in [0.1, 0.15) is 12.1 Å². The van der Waals surface area contributed by atoms with Crippen LogP contribution < -0.4 is 26.0 Å². The van der Waals surface area contributed by atoms with Crippen molar-refractivity contribution in [2.24, 2.45) is 0 Å². The fourth-order valence-corrected chi connectivity index (χ4v) is 3.61. The third-order valence-corrected chi connectivity index (χ3v) is 5.58. The Labute approximate surface area is 239 Å². The van der Waals surface area contributed by atoms with E-state index in [-0.39, 0.29) is 32.5 Å². The lowest BCUT2D eigenvalue weighted by Crippen LogP contribution is -2.49. The highest BCUT2D eigenvalue weighted by Gasteiger charge is 2.23. The molecule has 0 aliphatic carbocycles. The number of rotatable bonds is 13. The summed E-state index contributed by atoms with van der Waals surface area (Å²) in [5, 5.41) is 20.9. The summed E-state index contributed by atoms with van der Waals surface area (Å²) < 4.78 is 14.8. The lowest BCUT2D eigenvalue weighted by atomic mass is 9.97. The van der Waals surface area contributed by atoms with Gasteiger partial charge in [-0.25, -0.2) is 14.6 Å². The van der Waals surface area contributed by atoms with Crippen molar-refractivity contribution in [2.45, 2.75) is 51.4 Å². The predicted octanol–water partition coefficient (Wildman–Crippen LogP) is 1.53. The van der Waals surface area contributed by atoms with Crippen molar-refractivity contribution in [1.82, 2.24) is 26.3 Å². The minimum absolute atomic E-state index is 0.0891. The van der Waals surface area contributed by atoms with Gasteiger partial charge in [-0.1, -0.05) is 30.3 Å². The van der Waals surface area contributed by atoms with E-state index in [0.717, 1.165) is 16.8 Å². The Balaban J connectivity index is 2.05. The quantitative estimate of drug-likeness (QED) is 0.238. The molecule has 0 bridgehead atoms. The van der Waals surface area contributed by atoms with E-state index in [9.17, 15) is 24.3 Å². The zero-order valence-electron chi connectivity index (χ0n) is 24.0. The van der Waals surface area contributed by atoms with Gasteiger partial charge in [-0.2, -0.15) is 0 Å². The lowest BCUT2D eigenvalue weighted by molar-refractivity contribution is -0.122. The second-order valence-corrected chi connectivity index (χ2v) is 10.0. The Kier molecular flexibility index (Phi) is 12.8. The molecule has 4 amide bonds. The number of aliphatic hydroxyl groups is 1. The highest BCUT2D eigenvalue weighted by atomic mass is 16.6. The Morgan fingerprint density at radius 1 is 0.902 bits per heavy atom. The maximum absolute atomic E-state index is 12.6. The number of pyridine rings is 1. The molecule has 224 valence electrons. The normalized spacial score (nSPS) is 12.3. The number of carbonyl (C=O) groups is 4. The topological polar surface area (TPSA) is 177 Å². The molecule has 0 saturated carbocycles. The number of aromatic nitrogens is 1. The van der Waals surface area contributed by atoms with Crippen molar-refractivity contribution in [3.8, 4) is 17.1 Å². The summed E-state index contributed by atoms with van der Waals surface area (Å²) in [5.41, 5.74) is 1.69. The molecule has 0 radical (unpaired) electrons. The monoisotopic (exact) mass is 573 g/mol. The molecular formula is C28H39N5O8. The number of methoxy groups -OCH3 is 2. The van der Waals surface area contributed by atoms with E-state index in [1.807, 2.05) is 36.4 Å². The van der Waals surface area contributed by atoms with E-state index in [4.69, 9.17) is 9.47 Å². The number of aliphatic hydroxyl groups excluding tert-OH is 1. The number of amides is 4. The molecule has 1 aromatic carbocycles. The Hall–Kier alpha value is -4.39. The number of carbonyl (C=O) groups excluding carboxylic acids is 4. The van der Waals surface area contributed by atoms with Gasteiger partial charge in [0.05, 0.1) is 38.6 Å². The van der Waals surface area contributed by atoms with Crippen molar-refractivity contribution >= 4 is 24.0 Å². The second kappa shape index (κ2) is 16.0. The Bertz CT molecular complexity index is 1170. The van der Waals surface area contributed by atoms with Crippen LogP contribution in [-0.2, 0) is 25.5 Å². The van der Waals surface area contributed by atoms with Gasteiger partial charge in [-0.15, -0.1) is 0 Å². The van der Waals surface area contributed by atoms with Crippen LogP contribution in [0, 0.1) is 0 Å². The van der Waals surface area contributed by atoms with Gasteiger partial charge >= 0.3 is 12.2 Å². The molecule has 1 heterocycles. The minimum Gasteiger partial charge on any atom is -0.481 e. The van der Waals surface area contributed by atoms with Crippen LogP contribution in [0.15, 0.2) is 42.5 Å². The van der Waals surface area contributed by atoms with Crippen LogP contribution in [0.25, 0.3) is 11.3 Å². The van der Waals surface area contributed by atoms with Crippen LogP contribution in [0.5, 0.6) is 5.88 Å². The van der Waals surface area contributed by atoms with Gasteiger partial charge in [0, 0.05) is 18.2 Å². The summed E-state index contributed by atoms with van der Waals surface area (Å²) in [4.78, 5) is 52.0. The van der Waals surface area contributed by atoms with Gasteiger partial charge in [-0.3, -0.25) is 9.59 Å². The number of nitrogens with one attached hydrogen (secondary N) is 4. The van der Waals surface area contributed by atoms with Crippen molar-refractivity contribution in [2.75, 3.05) is 33.9 Å². The maximum Gasteiger partial charge on any atom is 0.408 e. The summed E-state index contributed by atoms with van der Waals surface area (Å²) in [6.45, 7) is 4.57. The van der Waals surface area contributed by atoms with Crippen LogP contribution in [-0.4, -0.2) is 85.7 Å². The first kappa shape index (κ1) is 32.8. The summed E-state index contributed by atoms with van der Waals surface area (Å²) in [7, 11) is 2.73. The fraction of sp³-hybridized carbons (Fsp3) is 0.464. The molecule has 0 spiro atoms. The molecule has 13 nitrogen and oxygen atoms in total. The Morgan fingerprint density at radius 3 is 2.20 bits per heavy atom. The van der Waals surface area contributed by atoms with Gasteiger partial charge < -0.3 is 40.6 Å². The van der Waals surface area contributed by atoms with Crippen LogP contribution in [0.2, 0.25) is 0 Å². The Morgan fingerprint density at radius 2 is 1.56 bits per heavy atom. The fourth-order valence-electron chi connectivity index (χ4n) is 3.61. The lowest BCUT2D eigenvalue weighted by Gasteiger charge is -2.25. The number of hydrogen-bond acceptors (Lipinski definition) is 9. The van der Waals surface area contributed by atoms with Crippen LogP contribution >= 0.6 is 0 Å². The first-order chi connectivity index (χ1) is 19.4. The molecule has 41 heavy (non-hydrogen) atoms. The summed E-state index contributed by atoms with van der Waals surface area (Å²) in [6, 6.07) is 12.2. The molecule has 1 aromatic heterocycles. The molecule has 5 N–H and O–H groups in total. The van der Waals surface area contributed by atoms with E-state index in [1.54, 1.807) is 33.9 Å². The standard InChI is InChI=1S/C28H39N5O8/c1-28(2,3)41-27(38)31-17-24(36)32-21(22(34)13-14-29-23(35)16-30-26(37)40-5)15-18-9-11-19(12-10-18)20-7-6-8-25(33-20)39-4/h6-12,21-22,34H,13-17H2,1-5H3,(H,29,35)(H,30,37)(H,31,38)(H,32,36). The molecule has 2 rings (SSSR count). The molecule has 0 saturated heterocycles. The molecule has 13 heteroatoms. The number of benzene rings is 1. The second-order valence-electron chi connectivity index (χ2n) is 10.0. The minimum atomic E-state index is -1.05. The molecule has 0 aliphatic rings. The molecule has 2 unspecified atom stereocenters. The molecule has 0 fully saturated rings. The largest absolute Gasteiger partial charge is 0.481 e. The average molecular weight is 574 g/mol. The molecule has 2 atom stereocenters. The van der Waals surface area contributed by atoms with E-state index in [2.05, 4.69) is 31.0 Å². The van der Waals surface area contributed by atoms with Crippen molar-refractivity contribution in [3.63, 3.8) is 0 Å². The highest BCUT2D eigenvalue weighted by molar-refractivity contribution is 5.83. The number of ether oxygens (including phenoxy) is 3. The van der Waals surface area contributed by atoms with Crippen LogP contribution in [0.4, 0.5) is 9.59 Å².